The lowest BCUT2D eigenvalue weighted by Crippen LogP contribution is -2.30. The molecule has 128 valence electrons. The summed E-state index contributed by atoms with van der Waals surface area (Å²) >= 11 is 0. The standard InChI is InChI=1S/C16H19FN4O3/c1-20(2)8-7-18-14-9-13(16(23)24)15(22)21(19-14)10-11-3-5-12(17)6-4-11/h3-6,9H,7-8,10H2,1-2H3,(H,18,19)(H,23,24). The van der Waals surface area contributed by atoms with Crippen molar-refractivity contribution < 1.29 is 14.3 Å². The molecule has 2 N–H and O–H groups in total. The van der Waals surface area contributed by atoms with E-state index >= 15 is 0 Å². The second-order valence-corrected chi connectivity index (χ2v) is 5.57. The number of hydrogen-bond acceptors (Lipinski definition) is 5. The molecule has 0 saturated heterocycles. The Bertz CT molecular complexity index is 772. The Balaban J connectivity index is 2.30. The van der Waals surface area contributed by atoms with Crippen LogP contribution < -0.4 is 10.9 Å². The van der Waals surface area contributed by atoms with Crippen molar-refractivity contribution in [2.24, 2.45) is 0 Å². The molecule has 0 aliphatic rings. The van der Waals surface area contributed by atoms with Crippen molar-refractivity contribution in [1.82, 2.24) is 14.7 Å². The second kappa shape index (κ2) is 7.69. The average molecular weight is 334 g/mol. The fourth-order valence-corrected chi connectivity index (χ4v) is 2.06. The van der Waals surface area contributed by atoms with Gasteiger partial charge < -0.3 is 15.3 Å². The first kappa shape index (κ1) is 17.6. The van der Waals surface area contributed by atoms with Gasteiger partial charge in [0.15, 0.2) is 0 Å². The molecule has 0 amide bonds. The van der Waals surface area contributed by atoms with Gasteiger partial charge in [0.25, 0.3) is 5.56 Å². The zero-order valence-electron chi connectivity index (χ0n) is 13.5. The first-order chi connectivity index (χ1) is 11.4. The third-order valence-electron chi connectivity index (χ3n) is 3.32. The van der Waals surface area contributed by atoms with Crippen molar-refractivity contribution in [1.29, 1.82) is 0 Å². The number of nitrogens with zero attached hydrogens (tertiary/aromatic N) is 3. The lowest BCUT2D eigenvalue weighted by molar-refractivity contribution is 0.0694. The molecule has 1 aromatic heterocycles. The number of halogens is 1. The Hall–Kier alpha value is -2.74. The van der Waals surface area contributed by atoms with Gasteiger partial charge in [0.05, 0.1) is 6.54 Å². The van der Waals surface area contributed by atoms with Crippen LogP contribution in [0.15, 0.2) is 35.1 Å². The molecule has 24 heavy (non-hydrogen) atoms. The average Bonchev–Trinajstić information content (AvgIpc) is 2.51. The van der Waals surface area contributed by atoms with Crippen LogP contribution in [0.3, 0.4) is 0 Å². The molecule has 2 aromatic rings. The molecule has 0 saturated carbocycles. The van der Waals surface area contributed by atoms with Crippen molar-refractivity contribution in [3.8, 4) is 0 Å². The van der Waals surface area contributed by atoms with Gasteiger partial charge in [0.1, 0.15) is 17.2 Å². The van der Waals surface area contributed by atoms with Crippen LogP contribution in [0, 0.1) is 5.82 Å². The SMILES string of the molecule is CN(C)CCNc1cc(C(=O)O)c(=O)n(Cc2ccc(F)cc2)n1. The largest absolute Gasteiger partial charge is 0.477 e. The molecular weight excluding hydrogens is 315 g/mol. The first-order valence-corrected chi connectivity index (χ1v) is 7.35. The van der Waals surface area contributed by atoms with Crippen LogP contribution in [0.5, 0.6) is 0 Å². The van der Waals surface area contributed by atoms with E-state index in [4.69, 9.17) is 0 Å². The zero-order valence-corrected chi connectivity index (χ0v) is 13.5. The fraction of sp³-hybridized carbons (Fsp3) is 0.312. The molecule has 2 rings (SSSR count). The van der Waals surface area contributed by atoms with Gasteiger partial charge in [-0.1, -0.05) is 12.1 Å². The van der Waals surface area contributed by atoms with Crippen molar-refractivity contribution in [3.63, 3.8) is 0 Å². The molecule has 0 fully saturated rings. The van der Waals surface area contributed by atoms with E-state index in [1.165, 1.54) is 30.3 Å². The predicted molar refractivity (Wildman–Crippen MR) is 88.0 cm³/mol. The molecule has 0 radical (unpaired) electrons. The number of aromatic nitrogens is 2. The number of carbonyl (C=O) groups is 1. The van der Waals surface area contributed by atoms with E-state index in [-0.39, 0.29) is 17.9 Å². The van der Waals surface area contributed by atoms with E-state index in [0.29, 0.717) is 17.9 Å². The summed E-state index contributed by atoms with van der Waals surface area (Å²) in [6, 6.07) is 6.82. The summed E-state index contributed by atoms with van der Waals surface area (Å²) in [6.07, 6.45) is 0. The van der Waals surface area contributed by atoms with Gasteiger partial charge in [0.2, 0.25) is 0 Å². The lowest BCUT2D eigenvalue weighted by Gasteiger charge is -2.13. The van der Waals surface area contributed by atoms with E-state index in [0.717, 1.165) is 11.2 Å². The van der Waals surface area contributed by atoms with E-state index in [1.54, 1.807) is 0 Å². The normalized spacial score (nSPS) is 10.8. The highest BCUT2D eigenvalue weighted by atomic mass is 19.1. The first-order valence-electron chi connectivity index (χ1n) is 7.35. The molecule has 0 atom stereocenters. The Morgan fingerprint density at radius 3 is 2.58 bits per heavy atom. The zero-order chi connectivity index (χ0) is 17.7. The second-order valence-electron chi connectivity index (χ2n) is 5.57. The van der Waals surface area contributed by atoms with Crippen LogP contribution in [-0.4, -0.2) is 52.9 Å². The summed E-state index contributed by atoms with van der Waals surface area (Å²) in [6.45, 7) is 1.33. The minimum Gasteiger partial charge on any atom is -0.477 e. The van der Waals surface area contributed by atoms with Gasteiger partial charge in [-0.15, -0.1) is 0 Å². The maximum absolute atomic E-state index is 13.0. The van der Waals surface area contributed by atoms with Crippen LogP contribution in [0.2, 0.25) is 0 Å². The molecule has 0 aliphatic heterocycles. The summed E-state index contributed by atoms with van der Waals surface area (Å²) in [5, 5.41) is 16.3. The highest BCUT2D eigenvalue weighted by Gasteiger charge is 2.14. The summed E-state index contributed by atoms with van der Waals surface area (Å²) in [5.41, 5.74) is -0.419. The van der Waals surface area contributed by atoms with Gasteiger partial charge in [-0.05, 0) is 31.8 Å². The Labute approximate surface area is 138 Å². The lowest BCUT2D eigenvalue weighted by atomic mass is 10.2. The Morgan fingerprint density at radius 2 is 2.00 bits per heavy atom. The smallest absolute Gasteiger partial charge is 0.341 e. The highest BCUT2D eigenvalue weighted by molar-refractivity contribution is 5.87. The molecule has 0 unspecified atom stereocenters. The predicted octanol–water partition coefficient (Wildman–Crippen LogP) is 1.10. The summed E-state index contributed by atoms with van der Waals surface area (Å²) < 4.78 is 14.0. The summed E-state index contributed by atoms with van der Waals surface area (Å²) in [5.74, 6) is -1.40. The minimum absolute atomic E-state index is 0.0581. The van der Waals surface area contributed by atoms with Gasteiger partial charge in [-0.3, -0.25) is 4.79 Å². The minimum atomic E-state index is -1.31. The third-order valence-corrected chi connectivity index (χ3v) is 3.32. The molecule has 7 nitrogen and oxygen atoms in total. The van der Waals surface area contributed by atoms with Crippen molar-refractivity contribution in [3.05, 3.63) is 57.6 Å². The maximum Gasteiger partial charge on any atom is 0.341 e. The van der Waals surface area contributed by atoms with E-state index in [1.807, 2.05) is 19.0 Å². The van der Waals surface area contributed by atoms with Crippen molar-refractivity contribution in [2.75, 3.05) is 32.5 Å². The fourth-order valence-electron chi connectivity index (χ4n) is 2.06. The maximum atomic E-state index is 13.0. The van der Waals surface area contributed by atoms with E-state index < -0.39 is 11.5 Å². The van der Waals surface area contributed by atoms with Crippen LogP contribution in [0.25, 0.3) is 0 Å². The number of rotatable bonds is 7. The highest BCUT2D eigenvalue weighted by Crippen LogP contribution is 2.07. The van der Waals surface area contributed by atoms with Crippen LogP contribution in [0.1, 0.15) is 15.9 Å². The molecule has 1 heterocycles. The third kappa shape index (κ3) is 4.63. The molecule has 8 heteroatoms. The number of benzene rings is 1. The molecular formula is C16H19FN4O3. The van der Waals surface area contributed by atoms with Gasteiger partial charge in [0, 0.05) is 19.2 Å². The molecule has 0 bridgehead atoms. The number of aromatic carboxylic acids is 1. The van der Waals surface area contributed by atoms with Gasteiger partial charge in [-0.25, -0.2) is 13.9 Å². The van der Waals surface area contributed by atoms with E-state index in [9.17, 15) is 19.1 Å². The number of anilines is 1. The number of likely N-dealkylation sites (N-methyl/N-ethyl adjacent to an activating group) is 1. The van der Waals surface area contributed by atoms with Crippen molar-refractivity contribution >= 4 is 11.8 Å². The Morgan fingerprint density at radius 1 is 1.33 bits per heavy atom. The van der Waals surface area contributed by atoms with E-state index in [2.05, 4.69) is 10.4 Å². The summed E-state index contributed by atoms with van der Waals surface area (Å²) in [7, 11) is 3.82. The molecule has 0 aliphatic carbocycles. The van der Waals surface area contributed by atoms with Crippen LogP contribution in [0.4, 0.5) is 10.2 Å². The number of carboxylic acids is 1. The monoisotopic (exact) mass is 334 g/mol. The number of hydrogen-bond donors (Lipinski definition) is 2. The summed E-state index contributed by atoms with van der Waals surface area (Å²) in [4.78, 5) is 25.5. The van der Waals surface area contributed by atoms with Crippen molar-refractivity contribution in [2.45, 2.75) is 6.54 Å². The quantitative estimate of drug-likeness (QED) is 0.788. The Kier molecular flexibility index (Phi) is 5.64. The molecule has 0 spiro atoms. The topological polar surface area (TPSA) is 87.5 Å². The van der Waals surface area contributed by atoms with Crippen LogP contribution in [-0.2, 0) is 6.54 Å². The number of nitrogens with one attached hydrogen (secondary N) is 1. The van der Waals surface area contributed by atoms with Crippen LogP contribution >= 0.6 is 0 Å². The van der Waals surface area contributed by atoms with Gasteiger partial charge >= 0.3 is 5.97 Å². The molecule has 1 aromatic carbocycles. The number of carboxylic acid groups (broad SMARTS) is 1. The van der Waals surface area contributed by atoms with Gasteiger partial charge in [-0.2, -0.15) is 5.10 Å².